The van der Waals surface area contributed by atoms with Crippen molar-refractivity contribution in [2.45, 2.75) is 12.8 Å². The summed E-state index contributed by atoms with van der Waals surface area (Å²) >= 11 is 12.1. The first kappa shape index (κ1) is 21.2. The molecule has 0 aliphatic rings. The summed E-state index contributed by atoms with van der Waals surface area (Å²) in [5, 5.41) is 3.68. The number of hydrogen-bond acceptors (Lipinski definition) is 5. The van der Waals surface area contributed by atoms with Crippen LogP contribution in [0.3, 0.4) is 0 Å². The fraction of sp³-hybridized carbons (Fsp3) is 0.158. The second kappa shape index (κ2) is 8.86. The molecular weight excluding hydrogens is 437 g/mol. The van der Waals surface area contributed by atoms with Crippen molar-refractivity contribution in [1.82, 2.24) is 4.98 Å². The van der Waals surface area contributed by atoms with E-state index < -0.39 is 10.0 Å². The maximum Gasteiger partial charge on any atom is 0.229 e. The van der Waals surface area contributed by atoms with E-state index >= 15 is 0 Å². The van der Waals surface area contributed by atoms with Gasteiger partial charge in [0, 0.05) is 29.1 Å². The molecule has 0 aliphatic carbocycles. The van der Waals surface area contributed by atoms with Crippen LogP contribution >= 0.6 is 23.2 Å². The average molecular weight is 454 g/mol. The SMILES string of the molecule is CS(=O)(=O)Nc1cccc(NC(=O)CCc2ncc(-c3ccc(Cl)cc3Cl)o2)c1. The van der Waals surface area contributed by atoms with Gasteiger partial charge in [0.2, 0.25) is 15.9 Å². The molecule has 10 heteroatoms. The van der Waals surface area contributed by atoms with Crippen LogP contribution in [0.1, 0.15) is 12.3 Å². The molecule has 2 aromatic carbocycles. The molecule has 0 fully saturated rings. The van der Waals surface area contributed by atoms with Crippen LogP contribution in [0, 0.1) is 0 Å². The molecule has 0 spiro atoms. The molecule has 1 aromatic heterocycles. The number of nitrogens with one attached hydrogen (secondary N) is 2. The van der Waals surface area contributed by atoms with Gasteiger partial charge in [0.05, 0.1) is 23.2 Å². The molecule has 3 aromatic rings. The number of benzene rings is 2. The minimum atomic E-state index is -3.39. The summed E-state index contributed by atoms with van der Waals surface area (Å²) in [5.74, 6) is 0.626. The van der Waals surface area contributed by atoms with Crippen molar-refractivity contribution in [3.63, 3.8) is 0 Å². The van der Waals surface area contributed by atoms with Crippen molar-refractivity contribution in [2.75, 3.05) is 16.3 Å². The predicted octanol–water partition coefficient (Wildman–Crippen LogP) is 4.59. The van der Waals surface area contributed by atoms with Gasteiger partial charge in [-0.3, -0.25) is 9.52 Å². The lowest BCUT2D eigenvalue weighted by Crippen LogP contribution is -2.13. The Bertz CT molecular complexity index is 1150. The summed E-state index contributed by atoms with van der Waals surface area (Å²) in [4.78, 5) is 16.4. The van der Waals surface area contributed by atoms with Gasteiger partial charge in [-0.25, -0.2) is 13.4 Å². The zero-order valence-electron chi connectivity index (χ0n) is 15.3. The Morgan fingerprint density at radius 3 is 2.62 bits per heavy atom. The van der Waals surface area contributed by atoms with Gasteiger partial charge in [-0.05, 0) is 36.4 Å². The number of oxazole rings is 1. The smallest absolute Gasteiger partial charge is 0.229 e. The lowest BCUT2D eigenvalue weighted by Gasteiger charge is -2.08. The van der Waals surface area contributed by atoms with E-state index in [1.165, 1.54) is 6.07 Å². The van der Waals surface area contributed by atoms with E-state index in [1.807, 2.05) is 0 Å². The highest BCUT2D eigenvalue weighted by Gasteiger charge is 2.12. The molecule has 0 radical (unpaired) electrons. The number of carbonyl (C=O) groups is 1. The van der Waals surface area contributed by atoms with Crippen molar-refractivity contribution < 1.29 is 17.6 Å². The molecule has 1 heterocycles. The summed E-state index contributed by atoms with van der Waals surface area (Å²) in [5.41, 5.74) is 1.50. The molecule has 2 N–H and O–H groups in total. The van der Waals surface area contributed by atoms with E-state index in [2.05, 4.69) is 15.0 Å². The molecule has 29 heavy (non-hydrogen) atoms. The maximum absolute atomic E-state index is 12.2. The highest BCUT2D eigenvalue weighted by atomic mass is 35.5. The molecule has 3 rings (SSSR count). The lowest BCUT2D eigenvalue weighted by molar-refractivity contribution is -0.116. The van der Waals surface area contributed by atoms with E-state index in [9.17, 15) is 13.2 Å². The predicted molar refractivity (Wildman–Crippen MR) is 114 cm³/mol. The van der Waals surface area contributed by atoms with Crippen LogP contribution in [0.4, 0.5) is 11.4 Å². The summed E-state index contributed by atoms with van der Waals surface area (Å²) < 4.78 is 30.6. The lowest BCUT2D eigenvalue weighted by atomic mass is 10.2. The molecular formula is C19H17Cl2N3O4S. The number of aromatic nitrogens is 1. The number of hydrogen-bond donors (Lipinski definition) is 2. The fourth-order valence-corrected chi connectivity index (χ4v) is 3.61. The topological polar surface area (TPSA) is 101 Å². The first-order valence-corrected chi connectivity index (χ1v) is 11.1. The molecule has 0 saturated heterocycles. The zero-order chi connectivity index (χ0) is 21.0. The first-order chi connectivity index (χ1) is 13.7. The molecule has 0 aliphatic heterocycles. The largest absolute Gasteiger partial charge is 0.441 e. The van der Waals surface area contributed by atoms with Gasteiger partial charge in [-0.15, -0.1) is 0 Å². The number of sulfonamides is 1. The number of halogens is 2. The van der Waals surface area contributed by atoms with Crippen LogP contribution in [-0.4, -0.2) is 25.6 Å². The van der Waals surface area contributed by atoms with Gasteiger partial charge in [0.25, 0.3) is 0 Å². The second-order valence-electron chi connectivity index (χ2n) is 6.25. The monoisotopic (exact) mass is 453 g/mol. The summed E-state index contributed by atoms with van der Waals surface area (Å²) in [6.07, 6.45) is 3.03. The molecule has 0 saturated carbocycles. The Morgan fingerprint density at radius 2 is 1.90 bits per heavy atom. The number of amides is 1. The highest BCUT2D eigenvalue weighted by molar-refractivity contribution is 7.92. The second-order valence-corrected chi connectivity index (χ2v) is 8.84. The third-order valence-corrected chi connectivity index (χ3v) is 4.92. The van der Waals surface area contributed by atoms with Gasteiger partial charge in [-0.2, -0.15) is 0 Å². The van der Waals surface area contributed by atoms with Gasteiger partial charge in [0.1, 0.15) is 0 Å². The Morgan fingerprint density at radius 1 is 1.14 bits per heavy atom. The van der Waals surface area contributed by atoms with Crippen molar-refractivity contribution in [1.29, 1.82) is 0 Å². The number of anilines is 2. The molecule has 0 atom stereocenters. The Balaban J connectivity index is 1.59. The van der Waals surface area contributed by atoms with Gasteiger partial charge >= 0.3 is 0 Å². The maximum atomic E-state index is 12.2. The van der Waals surface area contributed by atoms with E-state index in [0.29, 0.717) is 45.1 Å². The van der Waals surface area contributed by atoms with Crippen LogP contribution < -0.4 is 10.0 Å². The summed E-state index contributed by atoms with van der Waals surface area (Å²) in [6.45, 7) is 0. The summed E-state index contributed by atoms with van der Waals surface area (Å²) in [6, 6.07) is 11.5. The third kappa shape index (κ3) is 6.22. The minimum Gasteiger partial charge on any atom is -0.441 e. The minimum absolute atomic E-state index is 0.137. The molecule has 7 nitrogen and oxygen atoms in total. The van der Waals surface area contributed by atoms with Gasteiger partial charge < -0.3 is 9.73 Å². The number of nitrogens with zero attached hydrogens (tertiary/aromatic N) is 1. The van der Waals surface area contributed by atoms with Gasteiger partial charge in [0.15, 0.2) is 11.7 Å². The van der Waals surface area contributed by atoms with Crippen molar-refractivity contribution in [2.24, 2.45) is 0 Å². The van der Waals surface area contributed by atoms with Gasteiger partial charge in [-0.1, -0.05) is 29.3 Å². The zero-order valence-corrected chi connectivity index (χ0v) is 17.6. The molecule has 0 unspecified atom stereocenters. The Labute approximate surface area is 178 Å². The number of carbonyl (C=O) groups excluding carboxylic acids is 1. The average Bonchev–Trinajstić information content (AvgIpc) is 3.07. The van der Waals surface area contributed by atoms with Crippen LogP contribution in [0.25, 0.3) is 11.3 Å². The third-order valence-electron chi connectivity index (χ3n) is 3.77. The quantitative estimate of drug-likeness (QED) is 0.544. The van der Waals surface area contributed by atoms with Crippen molar-refractivity contribution in [3.8, 4) is 11.3 Å². The van der Waals surface area contributed by atoms with E-state index in [-0.39, 0.29) is 12.3 Å². The standard InChI is InChI=1S/C19H17Cl2N3O4S/c1-29(26,27)24-14-4-2-3-13(10-14)23-18(25)7-8-19-22-11-17(28-19)15-6-5-12(20)9-16(15)21/h2-6,9-11,24H,7-8H2,1H3,(H,23,25). The fourth-order valence-electron chi connectivity index (χ4n) is 2.56. The van der Waals surface area contributed by atoms with Crippen LogP contribution in [0.15, 0.2) is 53.1 Å². The number of aryl methyl sites for hydroxylation is 1. The van der Waals surface area contributed by atoms with Crippen LogP contribution in [0.5, 0.6) is 0 Å². The van der Waals surface area contributed by atoms with Crippen LogP contribution in [0.2, 0.25) is 10.0 Å². The normalized spacial score (nSPS) is 11.3. The van der Waals surface area contributed by atoms with Crippen molar-refractivity contribution in [3.05, 3.63) is 64.6 Å². The molecule has 152 valence electrons. The van der Waals surface area contributed by atoms with Crippen molar-refractivity contribution >= 4 is 50.5 Å². The summed E-state index contributed by atoms with van der Waals surface area (Å²) in [7, 11) is -3.39. The Kier molecular flexibility index (Phi) is 6.46. The van der Waals surface area contributed by atoms with E-state index in [4.69, 9.17) is 27.6 Å². The first-order valence-electron chi connectivity index (χ1n) is 8.47. The van der Waals surface area contributed by atoms with E-state index in [0.717, 1.165) is 6.26 Å². The molecule has 1 amide bonds. The van der Waals surface area contributed by atoms with Crippen LogP contribution in [-0.2, 0) is 21.2 Å². The Hall–Kier alpha value is -2.55. The molecule has 0 bridgehead atoms. The number of rotatable bonds is 7. The highest BCUT2D eigenvalue weighted by Crippen LogP contribution is 2.30. The van der Waals surface area contributed by atoms with E-state index in [1.54, 1.807) is 42.6 Å².